The first-order valence-electron chi connectivity index (χ1n) is 4.95. The number of Topliss-reactive ketones (excluding diaryl/α,β-unsaturated/α-hetero) is 1. The summed E-state index contributed by atoms with van der Waals surface area (Å²) in [6.07, 6.45) is 3.31. The third kappa shape index (κ3) is 2.32. The van der Waals surface area contributed by atoms with E-state index in [9.17, 15) is 4.79 Å². The van der Waals surface area contributed by atoms with Gasteiger partial charge in [-0.25, -0.2) is 0 Å². The molecule has 1 aromatic rings. The highest BCUT2D eigenvalue weighted by atomic mass is 16.1. The number of benzene rings is 1. The largest absolute Gasteiger partial charge is 0.294 e. The van der Waals surface area contributed by atoms with Crippen LogP contribution in [-0.2, 0) is 0 Å². The van der Waals surface area contributed by atoms with Crippen molar-refractivity contribution in [1.82, 2.24) is 0 Å². The summed E-state index contributed by atoms with van der Waals surface area (Å²) in [7, 11) is 0. The normalized spacial score (nSPS) is 9.86. The molecule has 1 heteroatoms. The molecule has 0 amide bonds. The van der Waals surface area contributed by atoms with Crippen molar-refractivity contribution in [3.05, 3.63) is 41.5 Å². The molecule has 0 unspecified atom stereocenters. The lowest BCUT2D eigenvalue weighted by Gasteiger charge is -2.03. The highest BCUT2D eigenvalue weighted by Gasteiger charge is 2.05. The van der Waals surface area contributed by atoms with E-state index in [0.29, 0.717) is 6.42 Å². The molecule has 1 aromatic carbocycles. The molecule has 0 aliphatic carbocycles. The molecule has 1 nitrogen and oxygen atoms in total. The van der Waals surface area contributed by atoms with Crippen molar-refractivity contribution < 1.29 is 4.79 Å². The summed E-state index contributed by atoms with van der Waals surface area (Å²) in [6.45, 7) is 7.76. The van der Waals surface area contributed by atoms with Gasteiger partial charge in [-0.05, 0) is 30.5 Å². The molecular formula is C13H16O. The van der Waals surface area contributed by atoms with Crippen molar-refractivity contribution in [3.8, 4) is 0 Å². The fourth-order valence-corrected chi connectivity index (χ4v) is 1.41. The monoisotopic (exact) mass is 188 g/mol. The second-order valence-electron chi connectivity index (χ2n) is 3.45. The van der Waals surface area contributed by atoms with E-state index < -0.39 is 0 Å². The minimum atomic E-state index is 0.218. The van der Waals surface area contributed by atoms with E-state index in [-0.39, 0.29) is 5.78 Å². The fourth-order valence-electron chi connectivity index (χ4n) is 1.41. The summed E-state index contributed by atoms with van der Waals surface area (Å²) in [5, 5.41) is 0. The lowest BCUT2D eigenvalue weighted by Crippen LogP contribution is -1.98. The molecule has 1 rings (SSSR count). The number of aryl methyl sites for hydroxylation is 1. The van der Waals surface area contributed by atoms with Crippen molar-refractivity contribution in [3.63, 3.8) is 0 Å². The zero-order chi connectivity index (χ0) is 10.6. The van der Waals surface area contributed by atoms with E-state index in [2.05, 4.69) is 6.58 Å². The first kappa shape index (κ1) is 10.7. The molecule has 0 heterocycles. The highest BCUT2D eigenvalue weighted by Crippen LogP contribution is 2.14. The van der Waals surface area contributed by atoms with Gasteiger partial charge in [0.05, 0.1) is 0 Å². The smallest absolute Gasteiger partial charge is 0.162 e. The topological polar surface area (TPSA) is 17.1 Å². The number of rotatable bonds is 4. The second kappa shape index (κ2) is 4.75. The van der Waals surface area contributed by atoms with Crippen LogP contribution in [0.5, 0.6) is 0 Å². The van der Waals surface area contributed by atoms with E-state index in [1.165, 1.54) is 0 Å². The van der Waals surface area contributed by atoms with Crippen LogP contribution in [0.3, 0.4) is 0 Å². The lowest BCUT2D eigenvalue weighted by atomic mass is 10.0. The summed E-state index contributed by atoms with van der Waals surface area (Å²) in [4.78, 5) is 11.6. The Labute approximate surface area is 85.5 Å². The Bertz CT molecular complexity index is 350. The van der Waals surface area contributed by atoms with Gasteiger partial charge in [0.25, 0.3) is 0 Å². The molecular weight excluding hydrogens is 172 g/mol. The Morgan fingerprint density at radius 3 is 2.79 bits per heavy atom. The molecule has 0 fully saturated rings. The maximum atomic E-state index is 11.6. The third-order valence-electron chi connectivity index (χ3n) is 2.30. The fraction of sp³-hybridized carbons (Fsp3) is 0.308. The predicted octanol–water partition coefficient (Wildman–Crippen LogP) is 3.62. The van der Waals surface area contributed by atoms with Crippen molar-refractivity contribution >= 4 is 11.9 Å². The number of carbonyl (C=O) groups is 1. The van der Waals surface area contributed by atoms with Crippen LogP contribution in [0.2, 0.25) is 0 Å². The van der Waals surface area contributed by atoms with Gasteiger partial charge >= 0.3 is 0 Å². The molecule has 0 radical (unpaired) electrons. The van der Waals surface area contributed by atoms with Crippen LogP contribution in [0.1, 0.15) is 41.3 Å². The molecule has 0 aliphatic rings. The van der Waals surface area contributed by atoms with Crippen LogP contribution in [0.15, 0.2) is 24.8 Å². The molecule has 0 atom stereocenters. The van der Waals surface area contributed by atoms with Crippen LogP contribution < -0.4 is 0 Å². The predicted molar refractivity (Wildman–Crippen MR) is 60.5 cm³/mol. The molecule has 0 saturated carbocycles. The zero-order valence-electron chi connectivity index (χ0n) is 8.84. The standard InChI is InChI=1S/C13H16O/c1-4-6-13(14)12-8-7-10(3)11(5-2)9-12/h5,7-9H,2,4,6H2,1,3H3. The van der Waals surface area contributed by atoms with Crippen molar-refractivity contribution in [2.75, 3.05) is 0 Å². The van der Waals surface area contributed by atoms with Gasteiger partial charge < -0.3 is 0 Å². The van der Waals surface area contributed by atoms with E-state index in [4.69, 9.17) is 0 Å². The van der Waals surface area contributed by atoms with Crippen LogP contribution in [0.4, 0.5) is 0 Å². The Balaban J connectivity index is 3.00. The van der Waals surface area contributed by atoms with Gasteiger partial charge in [-0.3, -0.25) is 4.79 Å². The van der Waals surface area contributed by atoms with Gasteiger partial charge in [0.2, 0.25) is 0 Å². The van der Waals surface area contributed by atoms with Crippen LogP contribution in [0.25, 0.3) is 6.08 Å². The zero-order valence-corrected chi connectivity index (χ0v) is 8.84. The van der Waals surface area contributed by atoms with Crippen molar-refractivity contribution in [1.29, 1.82) is 0 Å². The maximum absolute atomic E-state index is 11.6. The van der Waals surface area contributed by atoms with E-state index in [0.717, 1.165) is 23.1 Å². The summed E-state index contributed by atoms with van der Waals surface area (Å²) in [5.41, 5.74) is 3.01. The molecule has 14 heavy (non-hydrogen) atoms. The molecule has 0 saturated heterocycles. The molecule has 0 bridgehead atoms. The van der Waals surface area contributed by atoms with Gasteiger partial charge in [0, 0.05) is 12.0 Å². The minimum Gasteiger partial charge on any atom is -0.294 e. The molecule has 0 spiro atoms. The SMILES string of the molecule is C=Cc1cc(C(=O)CCC)ccc1C. The number of ketones is 1. The third-order valence-corrected chi connectivity index (χ3v) is 2.30. The Morgan fingerprint density at radius 2 is 2.21 bits per heavy atom. The molecule has 0 aliphatic heterocycles. The summed E-state index contributed by atoms with van der Waals surface area (Å²) >= 11 is 0. The number of hydrogen-bond acceptors (Lipinski definition) is 1. The first-order chi connectivity index (χ1) is 6.69. The Morgan fingerprint density at radius 1 is 1.50 bits per heavy atom. The number of carbonyl (C=O) groups excluding carboxylic acids is 1. The first-order valence-corrected chi connectivity index (χ1v) is 4.95. The van der Waals surface area contributed by atoms with E-state index in [1.807, 2.05) is 32.0 Å². The van der Waals surface area contributed by atoms with Gasteiger partial charge in [-0.2, -0.15) is 0 Å². The van der Waals surface area contributed by atoms with Crippen molar-refractivity contribution in [2.45, 2.75) is 26.7 Å². The number of hydrogen-bond donors (Lipinski definition) is 0. The Kier molecular flexibility index (Phi) is 3.63. The van der Waals surface area contributed by atoms with Gasteiger partial charge in [-0.1, -0.05) is 31.7 Å². The molecule has 0 N–H and O–H groups in total. The lowest BCUT2D eigenvalue weighted by molar-refractivity contribution is 0.0981. The highest BCUT2D eigenvalue weighted by molar-refractivity contribution is 5.96. The van der Waals surface area contributed by atoms with E-state index >= 15 is 0 Å². The van der Waals surface area contributed by atoms with Crippen LogP contribution in [0, 0.1) is 6.92 Å². The van der Waals surface area contributed by atoms with Gasteiger partial charge in [0.1, 0.15) is 0 Å². The maximum Gasteiger partial charge on any atom is 0.162 e. The quantitative estimate of drug-likeness (QED) is 0.659. The Hall–Kier alpha value is -1.37. The average molecular weight is 188 g/mol. The van der Waals surface area contributed by atoms with Crippen LogP contribution >= 0.6 is 0 Å². The summed E-state index contributed by atoms with van der Waals surface area (Å²) in [5.74, 6) is 0.218. The average Bonchev–Trinajstić information content (AvgIpc) is 2.19. The second-order valence-corrected chi connectivity index (χ2v) is 3.45. The van der Waals surface area contributed by atoms with Gasteiger partial charge in [0.15, 0.2) is 5.78 Å². The summed E-state index contributed by atoms with van der Waals surface area (Å²) in [6, 6.07) is 5.78. The summed E-state index contributed by atoms with van der Waals surface area (Å²) < 4.78 is 0. The van der Waals surface area contributed by atoms with Gasteiger partial charge in [-0.15, -0.1) is 0 Å². The van der Waals surface area contributed by atoms with E-state index in [1.54, 1.807) is 6.08 Å². The van der Waals surface area contributed by atoms with Crippen LogP contribution in [-0.4, -0.2) is 5.78 Å². The minimum absolute atomic E-state index is 0.218. The molecule has 74 valence electrons. The molecule has 0 aromatic heterocycles. The van der Waals surface area contributed by atoms with Crippen molar-refractivity contribution in [2.24, 2.45) is 0 Å².